The first-order valence-corrected chi connectivity index (χ1v) is 9.24. The van der Waals surface area contributed by atoms with E-state index < -0.39 is 0 Å². The van der Waals surface area contributed by atoms with Gasteiger partial charge in [-0.3, -0.25) is 4.79 Å². The van der Waals surface area contributed by atoms with Crippen molar-refractivity contribution in [1.82, 2.24) is 24.9 Å². The second kappa shape index (κ2) is 7.45. The third kappa shape index (κ3) is 3.62. The van der Waals surface area contributed by atoms with Crippen molar-refractivity contribution in [2.24, 2.45) is 0 Å². The number of aryl methyl sites for hydroxylation is 1. The molecule has 0 fully saturated rings. The summed E-state index contributed by atoms with van der Waals surface area (Å²) >= 11 is 1.69. The number of nitrogens with one attached hydrogen (secondary N) is 1. The second-order valence-electron chi connectivity index (χ2n) is 5.88. The zero-order valence-electron chi connectivity index (χ0n) is 14.0. The SMILES string of the molecule is O=C(NCCCc1cnc2ncnn2c1)c1ccc(-c2cccs2)cc1. The summed E-state index contributed by atoms with van der Waals surface area (Å²) in [6.07, 6.45) is 6.85. The number of aromatic nitrogens is 4. The van der Waals surface area contributed by atoms with Gasteiger partial charge in [0.05, 0.1) is 0 Å². The number of rotatable bonds is 6. The smallest absolute Gasteiger partial charge is 0.252 e. The lowest BCUT2D eigenvalue weighted by atomic mass is 10.1. The van der Waals surface area contributed by atoms with Gasteiger partial charge in [-0.25, -0.2) is 9.50 Å². The molecular weight excluding hydrogens is 346 g/mol. The lowest BCUT2D eigenvalue weighted by Gasteiger charge is -2.06. The van der Waals surface area contributed by atoms with Gasteiger partial charge in [0.1, 0.15) is 6.33 Å². The van der Waals surface area contributed by atoms with E-state index in [4.69, 9.17) is 0 Å². The van der Waals surface area contributed by atoms with Gasteiger partial charge in [-0.2, -0.15) is 10.1 Å². The van der Waals surface area contributed by atoms with E-state index in [1.165, 1.54) is 11.2 Å². The predicted molar refractivity (Wildman–Crippen MR) is 101 cm³/mol. The summed E-state index contributed by atoms with van der Waals surface area (Å²) < 4.78 is 1.66. The van der Waals surface area contributed by atoms with Crippen LogP contribution in [0.1, 0.15) is 22.3 Å². The molecule has 3 heterocycles. The van der Waals surface area contributed by atoms with Gasteiger partial charge in [-0.05, 0) is 47.5 Å². The minimum atomic E-state index is -0.0485. The van der Waals surface area contributed by atoms with Crippen LogP contribution in [0.2, 0.25) is 0 Å². The van der Waals surface area contributed by atoms with Gasteiger partial charge < -0.3 is 5.32 Å². The molecule has 0 atom stereocenters. The van der Waals surface area contributed by atoms with Crippen LogP contribution in [-0.2, 0) is 6.42 Å². The molecule has 6 nitrogen and oxygen atoms in total. The molecule has 0 aliphatic rings. The van der Waals surface area contributed by atoms with Gasteiger partial charge in [0.2, 0.25) is 0 Å². The summed E-state index contributed by atoms with van der Waals surface area (Å²) in [5, 5.41) is 9.09. The van der Waals surface area contributed by atoms with Gasteiger partial charge in [-0.1, -0.05) is 18.2 Å². The van der Waals surface area contributed by atoms with Crippen molar-refractivity contribution in [3.8, 4) is 10.4 Å². The van der Waals surface area contributed by atoms with Crippen LogP contribution >= 0.6 is 11.3 Å². The Morgan fingerprint density at radius 1 is 1.15 bits per heavy atom. The average molecular weight is 363 g/mol. The van der Waals surface area contributed by atoms with Crippen LogP contribution < -0.4 is 5.32 Å². The maximum atomic E-state index is 12.3. The van der Waals surface area contributed by atoms with Gasteiger partial charge in [-0.15, -0.1) is 11.3 Å². The third-order valence-electron chi connectivity index (χ3n) is 4.07. The Morgan fingerprint density at radius 2 is 2.04 bits per heavy atom. The molecule has 0 spiro atoms. The number of thiophene rings is 1. The van der Waals surface area contributed by atoms with Gasteiger partial charge >= 0.3 is 0 Å². The van der Waals surface area contributed by atoms with E-state index in [0.717, 1.165) is 24.0 Å². The number of benzene rings is 1. The topological polar surface area (TPSA) is 72.2 Å². The quantitative estimate of drug-likeness (QED) is 0.534. The molecule has 4 rings (SSSR count). The van der Waals surface area contributed by atoms with E-state index in [1.54, 1.807) is 22.0 Å². The molecule has 26 heavy (non-hydrogen) atoms. The van der Waals surface area contributed by atoms with E-state index in [2.05, 4.69) is 26.4 Å². The fourth-order valence-corrected chi connectivity index (χ4v) is 3.45. The highest BCUT2D eigenvalue weighted by Gasteiger charge is 2.06. The number of carbonyl (C=O) groups excluding carboxylic acids is 1. The third-order valence-corrected chi connectivity index (χ3v) is 4.99. The average Bonchev–Trinajstić information content (AvgIpc) is 3.36. The minimum Gasteiger partial charge on any atom is -0.352 e. The van der Waals surface area contributed by atoms with Crippen molar-refractivity contribution in [3.63, 3.8) is 0 Å². The monoisotopic (exact) mass is 363 g/mol. The Bertz CT molecular complexity index is 1010. The lowest BCUT2D eigenvalue weighted by molar-refractivity contribution is 0.0953. The van der Waals surface area contributed by atoms with E-state index in [0.29, 0.717) is 17.9 Å². The summed E-state index contributed by atoms with van der Waals surface area (Å²) in [4.78, 5) is 21.7. The Hall–Kier alpha value is -3.06. The Kier molecular flexibility index (Phi) is 4.70. The molecule has 0 saturated carbocycles. The molecule has 1 aromatic carbocycles. The van der Waals surface area contributed by atoms with E-state index in [9.17, 15) is 4.79 Å². The van der Waals surface area contributed by atoms with Gasteiger partial charge in [0, 0.05) is 29.4 Å². The summed E-state index contributed by atoms with van der Waals surface area (Å²) in [5.41, 5.74) is 2.88. The molecule has 0 unspecified atom stereocenters. The molecule has 0 saturated heterocycles. The zero-order chi connectivity index (χ0) is 17.8. The van der Waals surface area contributed by atoms with Crippen molar-refractivity contribution < 1.29 is 4.79 Å². The highest BCUT2D eigenvalue weighted by molar-refractivity contribution is 7.13. The van der Waals surface area contributed by atoms with Crippen molar-refractivity contribution >= 4 is 23.0 Å². The van der Waals surface area contributed by atoms with Crippen molar-refractivity contribution in [2.45, 2.75) is 12.8 Å². The number of nitrogens with zero attached hydrogens (tertiary/aromatic N) is 4. The van der Waals surface area contributed by atoms with Crippen LogP contribution in [0.5, 0.6) is 0 Å². The van der Waals surface area contributed by atoms with Crippen molar-refractivity contribution in [2.75, 3.05) is 6.54 Å². The molecule has 130 valence electrons. The fraction of sp³-hybridized carbons (Fsp3) is 0.158. The van der Waals surface area contributed by atoms with Crippen molar-refractivity contribution in [1.29, 1.82) is 0 Å². The number of fused-ring (bicyclic) bond motifs is 1. The summed E-state index contributed by atoms with van der Waals surface area (Å²) in [6.45, 7) is 0.612. The molecule has 1 N–H and O–H groups in total. The Labute approximate surface area is 154 Å². The standard InChI is InChI=1S/C19H17N5OS/c25-18(16-7-5-15(6-8-16)17-4-2-10-26-17)20-9-1-3-14-11-21-19-22-13-23-24(19)12-14/h2,4-8,10-13H,1,3,9H2,(H,20,25). The molecule has 0 aliphatic heterocycles. The number of carbonyl (C=O) groups is 1. The summed E-state index contributed by atoms with van der Waals surface area (Å²) in [6, 6.07) is 11.8. The Morgan fingerprint density at radius 3 is 2.85 bits per heavy atom. The molecular formula is C19H17N5OS. The highest BCUT2D eigenvalue weighted by atomic mass is 32.1. The summed E-state index contributed by atoms with van der Waals surface area (Å²) in [7, 11) is 0. The highest BCUT2D eigenvalue weighted by Crippen LogP contribution is 2.24. The molecule has 0 radical (unpaired) electrons. The van der Waals surface area contributed by atoms with Crippen LogP contribution in [0.3, 0.4) is 0 Å². The first-order chi connectivity index (χ1) is 12.8. The second-order valence-corrected chi connectivity index (χ2v) is 6.83. The number of hydrogen-bond acceptors (Lipinski definition) is 5. The molecule has 7 heteroatoms. The Balaban J connectivity index is 1.28. The first kappa shape index (κ1) is 16.4. The van der Waals surface area contributed by atoms with Crippen LogP contribution in [0.15, 0.2) is 60.5 Å². The molecule has 0 aliphatic carbocycles. The molecule has 0 bridgehead atoms. The first-order valence-electron chi connectivity index (χ1n) is 8.36. The largest absolute Gasteiger partial charge is 0.352 e. The fourth-order valence-electron chi connectivity index (χ4n) is 2.71. The number of amides is 1. The molecule has 3 aromatic heterocycles. The van der Waals surface area contributed by atoms with Gasteiger partial charge in [0.15, 0.2) is 0 Å². The maximum Gasteiger partial charge on any atom is 0.252 e. The van der Waals surface area contributed by atoms with E-state index >= 15 is 0 Å². The van der Waals surface area contributed by atoms with Crippen LogP contribution in [0.25, 0.3) is 16.2 Å². The zero-order valence-corrected chi connectivity index (χ0v) is 14.8. The van der Waals surface area contributed by atoms with Crippen LogP contribution in [-0.4, -0.2) is 32.0 Å². The van der Waals surface area contributed by atoms with Crippen LogP contribution in [0.4, 0.5) is 0 Å². The lowest BCUT2D eigenvalue weighted by Crippen LogP contribution is -2.24. The van der Waals surface area contributed by atoms with Crippen molar-refractivity contribution in [3.05, 3.63) is 71.6 Å². The normalized spacial score (nSPS) is 10.9. The van der Waals surface area contributed by atoms with Gasteiger partial charge in [0.25, 0.3) is 11.7 Å². The molecule has 1 amide bonds. The maximum absolute atomic E-state index is 12.3. The van der Waals surface area contributed by atoms with Crippen LogP contribution in [0, 0.1) is 0 Å². The molecule has 4 aromatic rings. The summed E-state index contributed by atoms with van der Waals surface area (Å²) in [5.74, 6) is 0.542. The van der Waals surface area contributed by atoms with E-state index in [1.807, 2.05) is 41.9 Å². The minimum absolute atomic E-state index is 0.0485. The predicted octanol–water partition coefficient (Wildman–Crippen LogP) is 3.22. The number of hydrogen-bond donors (Lipinski definition) is 1. The van der Waals surface area contributed by atoms with E-state index in [-0.39, 0.29) is 5.91 Å².